The fraction of sp³-hybridized carbons (Fsp3) is 0.833. The lowest BCUT2D eigenvalue weighted by atomic mass is 10.1. The topological polar surface area (TPSA) is 69.6 Å². The highest BCUT2D eigenvalue weighted by Crippen LogP contribution is 2.38. The molecule has 3 atom stereocenters. The van der Waals surface area contributed by atoms with Crippen LogP contribution in [0.2, 0.25) is 0 Å². The number of carbonyl (C=O) groups excluding carboxylic acids is 1. The molecule has 5 nitrogen and oxygen atoms in total. The predicted octanol–water partition coefficient (Wildman–Crippen LogP) is 0.708. The Bertz CT molecular complexity index is 400. The molecule has 1 aliphatic carbocycles. The summed E-state index contributed by atoms with van der Waals surface area (Å²) < 4.78 is 36.6. The Hall–Kier alpha value is -1.31. The molecule has 2 aliphatic rings. The summed E-state index contributed by atoms with van der Waals surface area (Å²) in [5.74, 6) is -2.34. The van der Waals surface area contributed by atoms with E-state index in [9.17, 15) is 22.8 Å². The number of nitrogens with one attached hydrogen (secondary N) is 1. The van der Waals surface area contributed by atoms with E-state index in [1.165, 1.54) is 4.90 Å². The third kappa shape index (κ3) is 4.09. The van der Waals surface area contributed by atoms with Crippen molar-refractivity contribution < 1.29 is 27.9 Å². The Morgan fingerprint density at radius 2 is 2.00 bits per heavy atom. The summed E-state index contributed by atoms with van der Waals surface area (Å²) in [4.78, 5) is 23.6. The summed E-state index contributed by atoms with van der Waals surface area (Å²) in [7, 11) is 0. The maximum Gasteiger partial charge on any atom is 0.401 e. The van der Waals surface area contributed by atoms with Gasteiger partial charge in [0, 0.05) is 13.1 Å². The lowest BCUT2D eigenvalue weighted by Gasteiger charge is -2.18. The first-order chi connectivity index (χ1) is 9.26. The van der Waals surface area contributed by atoms with Crippen LogP contribution in [0.25, 0.3) is 0 Å². The van der Waals surface area contributed by atoms with Crippen molar-refractivity contribution in [3.05, 3.63) is 0 Å². The number of alkyl halides is 3. The Kier molecular flexibility index (Phi) is 4.22. The van der Waals surface area contributed by atoms with Crippen LogP contribution in [0.15, 0.2) is 0 Å². The average Bonchev–Trinajstić information content (AvgIpc) is 3.01. The van der Waals surface area contributed by atoms with Gasteiger partial charge in [0.2, 0.25) is 5.91 Å². The highest BCUT2D eigenvalue weighted by Gasteiger charge is 2.48. The van der Waals surface area contributed by atoms with Crippen molar-refractivity contribution in [2.75, 3.05) is 26.2 Å². The number of rotatable bonds is 5. The number of likely N-dealkylation sites (tertiary alicyclic amines) is 1. The van der Waals surface area contributed by atoms with Gasteiger partial charge in [0.25, 0.3) is 0 Å². The predicted molar refractivity (Wildman–Crippen MR) is 62.8 cm³/mol. The van der Waals surface area contributed by atoms with Gasteiger partial charge in [-0.05, 0) is 25.3 Å². The zero-order valence-electron chi connectivity index (χ0n) is 10.8. The Morgan fingerprint density at radius 1 is 1.30 bits per heavy atom. The molecule has 1 aliphatic heterocycles. The van der Waals surface area contributed by atoms with Crippen molar-refractivity contribution >= 4 is 11.9 Å². The third-order valence-electron chi connectivity index (χ3n) is 3.78. The first kappa shape index (κ1) is 15.1. The van der Waals surface area contributed by atoms with Crippen molar-refractivity contribution in [3.8, 4) is 0 Å². The molecular formula is C12H17F3N2O3. The van der Waals surface area contributed by atoms with Crippen molar-refractivity contribution in [1.82, 2.24) is 10.2 Å². The zero-order chi connectivity index (χ0) is 14.9. The fourth-order valence-corrected chi connectivity index (χ4v) is 2.61. The molecule has 0 radical (unpaired) electrons. The second-order valence-electron chi connectivity index (χ2n) is 5.54. The van der Waals surface area contributed by atoms with Crippen LogP contribution in [-0.2, 0) is 9.59 Å². The van der Waals surface area contributed by atoms with Crippen molar-refractivity contribution in [2.24, 2.45) is 17.8 Å². The Labute approximate surface area is 114 Å². The van der Waals surface area contributed by atoms with Gasteiger partial charge in [-0.25, -0.2) is 0 Å². The smallest absolute Gasteiger partial charge is 0.401 e. The summed E-state index contributed by atoms with van der Waals surface area (Å²) >= 11 is 0. The minimum Gasteiger partial charge on any atom is -0.481 e. The molecule has 3 unspecified atom stereocenters. The van der Waals surface area contributed by atoms with E-state index in [-0.39, 0.29) is 11.8 Å². The van der Waals surface area contributed by atoms with E-state index in [0.29, 0.717) is 32.5 Å². The van der Waals surface area contributed by atoms with Crippen LogP contribution >= 0.6 is 0 Å². The summed E-state index contributed by atoms with van der Waals surface area (Å²) in [6, 6.07) is 0. The molecule has 2 fully saturated rings. The first-order valence-electron chi connectivity index (χ1n) is 6.56. The van der Waals surface area contributed by atoms with Crippen molar-refractivity contribution in [3.63, 3.8) is 0 Å². The highest BCUT2D eigenvalue weighted by molar-refractivity contribution is 5.89. The average molecular weight is 294 g/mol. The van der Waals surface area contributed by atoms with Crippen LogP contribution in [0.4, 0.5) is 13.2 Å². The maximum absolute atomic E-state index is 12.2. The summed E-state index contributed by atoms with van der Waals surface area (Å²) in [6.07, 6.45) is -3.23. The van der Waals surface area contributed by atoms with Crippen LogP contribution in [0.3, 0.4) is 0 Å². The van der Waals surface area contributed by atoms with E-state index >= 15 is 0 Å². The van der Waals surface area contributed by atoms with Gasteiger partial charge in [0.1, 0.15) is 0 Å². The van der Waals surface area contributed by atoms with Crippen molar-refractivity contribution in [2.45, 2.75) is 19.0 Å². The minimum absolute atomic E-state index is 0.00308. The Morgan fingerprint density at radius 3 is 2.55 bits per heavy atom. The van der Waals surface area contributed by atoms with Crippen LogP contribution in [-0.4, -0.2) is 54.2 Å². The van der Waals surface area contributed by atoms with Crippen LogP contribution in [0.5, 0.6) is 0 Å². The molecule has 0 aromatic carbocycles. The SMILES string of the molecule is O=C(O)C1CC1C(=O)NCC1CCN(CC(F)(F)F)C1. The van der Waals surface area contributed by atoms with Gasteiger partial charge >= 0.3 is 12.1 Å². The summed E-state index contributed by atoms with van der Waals surface area (Å²) in [5, 5.41) is 11.3. The number of aliphatic carboxylic acids is 1. The molecule has 20 heavy (non-hydrogen) atoms. The largest absolute Gasteiger partial charge is 0.481 e. The van der Waals surface area contributed by atoms with Gasteiger partial charge < -0.3 is 10.4 Å². The lowest BCUT2D eigenvalue weighted by molar-refractivity contribution is -0.143. The van der Waals surface area contributed by atoms with Gasteiger partial charge in [-0.1, -0.05) is 0 Å². The fourth-order valence-electron chi connectivity index (χ4n) is 2.61. The van der Waals surface area contributed by atoms with E-state index in [2.05, 4.69) is 5.32 Å². The second kappa shape index (κ2) is 5.59. The molecule has 0 aromatic rings. The number of hydrogen-bond donors (Lipinski definition) is 2. The van der Waals surface area contributed by atoms with Gasteiger partial charge in [-0.3, -0.25) is 14.5 Å². The van der Waals surface area contributed by atoms with Crippen molar-refractivity contribution in [1.29, 1.82) is 0 Å². The molecule has 8 heteroatoms. The molecule has 1 saturated carbocycles. The molecule has 2 N–H and O–H groups in total. The van der Waals surface area contributed by atoms with Crippen LogP contribution in [0.1, 0.15) is 12.8 Å². The number of nitrogens with zero attached hydrogens (tertiary/aromatic N) is 1. The van der Waals surface area contributed by atoms with E-state index in [1.807, 2.05) is 0 Å². The quantitative estimate of drug-likeness (QED) is 0.783. The Balaban J connectivity index is 1.66. The van der Waals surface area contributed by atoms with Gasteiger partial charge in [0.05, 0.1) is 18.4 Å². The maximum atomic E-state index is 12.2. The molecule has 1 amide bonds. The molecule has 0 bridgehead atoms. The van der Waals surface area contributed by atoms with E-state index in [0.717, 1.165) is 0 Å². The molecule has 1 saturated heterocycles. The number of amides is 1. The molecule has 2 rings (SSSR count). The van der Waals surface area contributed by atoms with Gasteiger partial charge in [-0.2, -0.15) is 13.2 Å². The van der Waals surface area contributed by atoms with Gasteiger partial charge in [0.15, 0.2) is 0 Å². The number of halogens is 3. The molecule has 0 aromatic heterocycles. The zero-order valence-corrected chi connectivity index (χ0v) is 10.8. The third-order valence-corrected chi connectivity index (χ3v) is 3.78. The number of carboxylic acids is 1. The molecule has 114 valence electrons. The van der Waals surface area contributed by atoms with Gasteiger partial charge in [-0.15, -0.1) is 0 Å². The highest BCUT2D eigenvalue weighted by atomic mass is 19.4. The first-order valence-corrected chi connectivity index (χ1v) is 6.56. The minimum atomic E-state index is -4.19. The standard InChI is InChI=1S/C12H17F3N2O3/c13-12(14,15)6-17-2-1-7(5-17)4-16-10(18)8-3-9(8)11(19)20/h7-9H,1-6H2,(H,16,18)(H,19,20). The lowest BCUT2D eigenvalue weighted by Crippen LogP contribution is -2.35. The van der Waals surface area contributed by atoms with Crippen LogP contribution < -0.4 is 5.32 Å². The van der Waals surface area contributed by atoms with E-state index in [4.69, 9.17) is 5.11 Å². The molecule has 1 heterocycles. The molecular weight excluding hydrogens is 277 g/mol. The monoisotopic (exact) mass is 294 g/mol. The number of carboxylic acid groups (broad SMARTS) is 1. The van der Waals surface area contributed by atoms with E-state index < -0.39 is 30.5 Å². The van der Waals surface area contributed by atoms with Crippen LogP contribution in [0, 0.1) is 17.8 Å². The summed E-state index contributed by atoms with van der Waals surface area (Å²) in [6.45, 7) is 0.0885. The summed E-state index contributed by atoms with van der Waals surface area (Å²) in [5.41, 5.74) is 0. The normalized spacial score (nSPS) is 30.2. The second-order valence-corrected chi connectivity index (χ2v) is 5.54. The number of carbonyl (C=O) groups is 2. The van der Waals surface area contributed by atoms with E-state index in [1.54, 1.807) is 0 Å². The molecule has 0 spiro atoms. The number of hydrogen-bond acceptors (Lipinski definition) is 3.